The Labute approximate surface area is 126 Å². The van der Waals surface area contributed by atoms with E-state index in [9.17, 15) is 4.79 Å². The highest BCUT2D eigenvalue weighted by Crippen LogP contribution is 2.18. The maximum atomic E-state index is 12.1. The maximum absolute atomic E-state index is 12.1. The number of rotatable bonds is 3. The normalized spacial score (nSPS) is 19.4. The van der Waals surface area contributed by atoms with Crippen molar-refractivity contribution in [3.63, 3.8) is 0 Å². The monoisotopic (exact) mass is 292 g/mol. The number of pyridine rings is 1. The fraction of sp³-hybridized carbons (Fsp3) is 0.625. The molecule has 21 heavy (non-hydrogen) atoms. The molecule has 1 aromatic rings. The molecule has 1 fully saturated rings. The van der Waals surface area contributed by atoms with Gasteiger partial charge in [-0.15, -0.1) is 0 Å². The molecule has 5 nitrogen and oxygen atoms in total. The first-order valence-electron chi connectivity index (χ1n) is 7.42. The second kappa shape index (κ2) is 6.89. The Balaban J connectivity index is 1.82. The van der Waals surface area contributed by atoms with Crippen LogP contribution in [0.15, 0.2) is 24.5 Å². The molecular formula is C16H24N2O3. The SMILES string of the molecule is CC(C)(C)OC(=O)N1CCCC(OCc2ccncc2)C1. The van der Waals surface area contributed by atoms with Crippen LogP contribution < -0.4 is 0 Å². The van der Waals surface area contributed by atoms with Gasteiger partial charge in [0.2, 0.25) is 0 Å². The Hall–Kier alpha value is -1.62. The van der Waals surface area contributed by atoms with Gasteiger partial charge in [-0.25, -0.2) is 4.79 Å². The number of carbonyl (C=O) groups excluding carboxylic acids is 1. The third kappa shape index (κ3) is 5.34. The summed E-state index contributed by atoms with van der Waals surface area (Å²) in [5, 5.41) is 0. The van der Waals surface area contributed by atoms with E-state index in [2.05, 4.69) is 4.98 Å². The smallest absolute Gasteiger partial charge is 0.410 e. The van der Waals surface area contributed by atoms with E-state index in [-0.39, 0.29) is 12.2 Å². The van der Waals surface area contributed by atoms with Crippen LogP contribution in [0.25, 0.3) is 0 Å². The van der Waals surface area contributed by atoms with E-state index in [1.54, 1.807) is 17.3 Å². The lowest BCUT2D eigenvalue weighted by molar-refractivity contribution is -0.0258. The minimum atomic E-state index is -0.456. The van der Waals surface area contributed by atoms with E-state index in [0.717, 1.165) is 24.9 Å². The molecule has 2 heterocycles. The predicted molar refractivity (Wildman–Crippen MR) is 79.9 cm³/mol. The summed E-state index contributed by atoms with van der Waals surface area (Å²) in [6.45, 7) is 7.53. The minimum Gasteiger partial charge on any atom is -0.444 e. The van der Waals surface area contributed by atoms with Crippen LogP contribution in [-0.2, 0) is 16.1 Å². The van der Waals surface area contributed by atoms with Crippen molar-refractivity contribution in [2.45, 2.75) is 51.9 Å². The summed E-state index contributed by atoms with van der Waals surface area (Å²) in [6, 6.07) is 3.88. The van der Waals surface area contributed by atoms with Crippen LogP contribution in [0.5, 0.6) is 0 Å². The Morgan fingerprint density at radius 1 is 1.38 bits per heavy atom. The van der Waals surface area contributed by atoms with Crippen molar-refractivity contribution < 1.29 is 14.3 Å². The molecule has 1 aliphatic heterocycles. The Morgan fingerprint density at radius 3 is 2.76 bits per heavy atom. The molecule has 0 aromatic carbocycles. The lowest BCUT2D eigenvalue weighted by atomic mass is 10.1. The fourth-order valence-electron chi connectivity index (χ4n) is 2.26. The van der Waals surface area contributed by atoms with Crippen LogP contribution in [-0.4, -0.2) is 40.8 Å². The van der Waals surface area contributed by atoms with Crippen LogP contribution in [0.2, 0.25) is 0 Å². The van der Waals surface area contributed by atoms with Crippen LogP contribution in [0.4, 0.5) is 4.79 Å². The first-order chi connectivity index (χ1) is 9.94. The number of hydrogen-bond donors (Lipinski definition) is 0. The maximum Gasteiger partial charge on any atom is 0.410 e. The zero-order valence-electron chi connectivity index (χ0n) is 13.0. The standard InChI is InChI=1S/C16H24N2O3/c1-16(2,3)21-15(19)18-10-4-5-14(11-18)20-12-13-6-8-17-9-7-13/h6-9,14H,4-5,10-12H2,1-3H3. The fourth-order valence-corrected chi connectivity index (χ4v) is 2.26. The van der Waals surface area contributed by atoms with Crippen LogP contribution in [0.3, 0.4) is 0 Å². The van der Waals surface area contributed by atoms with Gasteiger partial charge in [0.05, 0.1) is 19.3 Å². The van der Waals surface area contributed by atoms with Crippen molar-refractivity contribution >= 4 is 6.09 Å². The molecule has 5 heteroatoms. The van der Waals surface area contributed by atoms with E-state index < -0.39 is 5.60 Å². The van der Waals surface area contributed by atoms with Crippen LogP contribution >= 0.6 is 0 Å². The first kappa shape index (κ1) is 15.8. The van der Waals surface area contributed by atoms with E-state index >= 15 is 0 Å². The summed E-state index contributed by atoms with van der Waals surface area (Å²) in [5.74, 6) is 0. The third-order valence-electron chi connectivity index (χ3n) is 3.26. The van der Waals surface area contributed by atoms with Crippen molar-refractivity contribution in [1.82, 2.24) is 9.88 Å². The summed E-state index contributed by atoms with van der Waals surface area (Å²) < 4.78 is 11.3. The Morgan fingerprint density at radius 2 is 2.10 bits per heavy atom. The largest absolute Gasteiger partial charge is 0.444 e. The van der Waals surface area contributed by atoms with Gasteiger partial charge in [-0.2, -0.15) is 0 Å². The molecule has 0 radical (unpaired) electrons. The van der Waals surface area contributed by atoms with Gasteiger partial charge >= 0.3 is 6.09 Å². The number of nitrogens with zero attached hydrogens (tertiary/aromatic N) is 2. The number of likely N-dealkylation sites (tertiary alicyclic amines) is 1. The van der Waals surface area contributed by atoms with Gasteiger partial charge < -0.3 is 14.4 Å². The molecule has 116 valence electrons. The zero-order chi connectivity index (χ0) is 15.3. The molecule has 1 aromatic heterocycles. The number of carbonyl (C=O) groups is 1. The predicted octanol–water partition coefficient (Wildman–Crippen LogP) is 3.00. The molecule has 0 bridgehead atoms. The zero-order valence-corrected chi connectivity index (χ0v) is 13.0. The molecule has 0 aliphatic carbocycles. The lowest BCUT2D eigenvalue weighted by Crippen LogP contribution is -2.45. The van der Waals surface area contributed by atoms with Crippen molar-refractivity contribution in [2.75, 3.05) is 13.1 Å². The number of aromatic nitrogens is 1. The lowest BCUT2D eigenvalue weighted by Gasteiger charge is -2.34. The highest BCUT2D eigenvalue weighted by molar-refractivity contribution is 5.68. The van der Waals surface area contributed by atoms with Gasteiger partial charge in [-0.05, 0) is 51.3 Å². The molecule has 1 unspecified atom stereocenters. The number of ether oxygens (including phenoxy) is 2. The second-order valence-corrected chi connectivity index (χ2v) is 6.36. The van der Waals surface area contributed by atoms with Gasteiger partial charge in [0, 0.05) is 18.9 Å². The van der Waals surface area contributed by atoms with E-state index in [1.807, 2.05) is 32.9 Å². The highest BCUT2D eigenvalue weighted by Gasteiger charge is 2.27. The van der Waals surface area contributed by atoms with E-state index in [1.165, 1.54) is 0 Å². The summed E-state index contributed by atoms with van der Waals surface area (Å²) in [5.41, 5.74) is 0.640. The summed E-state index contributed by atoms with van der Waals surface area (Å²) in [6.07, 6.45) is 5.25. The molecule has 1 atom stereocenters. The molecule has 1 saturated heterocycles. The average Bonchev–Trinajstić information content (AvgIpc) is 2.45. The first-order valence-corrected chi connectivity index (χ1v) is 7.42. The van der Waals surface area contributed by atoms with E-state index in [4.69, 9.17) is 9.47 Å². The topological polar surface area (TPSA) is 51.7 Å². The summed E-state index contributed by atoms with van der Waals surface area (Å²) in [4.78, 5) is 17.8. The van der Waals surface area contributed by atoms with Gasteiger partial charge in [-0.1, -0.05) is 0 Å². The number of piperidine rings is 1. The minimum absolute atomic E-state index is 0.0689. The molecule has 0 N–H and O–H groups in total. The third-order valence-corrected chi connectivity index (χ3v) is 3.26. The van der Waals surface area contributed by atoms with Crippen molar-refractivity contribution in [3.8, 4) is 0 Å². The highest BCUT2D eigenvalue weighted by atomic mass is 16.6. The van der Waals surface area contributed by atoms with Crippen molar-refractivity contribution in [3.05, 3.63) is 30.1 Å². The summed E-state index contributed by atoms with van der Waals surface area (Å²) in [7, 11) is 0. The van der Waals surface area contributed by atoms with Crippen molar-refractivity contribution in [2.24, 2.45) is 0 Å². The molecule has 1 amide bonds. The average molecular weight is 292 g/mol. The van der Waals surface area contributed by atoms with Gasteiger partial charge in [-0.3, -0.25) is 4.98 Å². The van der Waals surface area contributed by atoms with Gasteiger partial charge in [0.1, 0.15) is 5.60 Å². The number of amides is 1. The second-order valence-electron chi connectivity index (χ2n) is 6.36. The molecule has 2 rings (SSSR count). The molecule has 1 aliphatic rings. The Bertz CT molecular complexity index is 456. The summed E-state index contributed by atoms with van der Waals surface area (Å²) >= 11 is 0. The molecule has 0 spiro atoms. The van der Waals surface area contributed by atoms with Crippen LogP contribution in [0, 0.1) is 0 Å². The molecular weight excluding hydrogens is 268 g/mol. The van der Waals surface area contributed by atoms with Crippen LogP contribution in [0.1, 0.15) is 39.2 Å². The Kier molecular flexibility index (Phi) is 5.17. The van der Waals surface area contributed by atoms with E-state index in [0.29, 0.717) is 13.2 Å². The van der Waals surface area contributed by atoms with Gasteiger partial charge in [0.15, 0.2) is 0 Å². The quantitative estimate of drug-likeness (QED) is 0.859. The molecule has 0 saturated carbocycles. The van der Waals surface area contributed by atoms with Gasteiger partial charge in [0.25, 0.3) is 0 Å². The van der Waals surface area contributed by atoms with Crippen molar-refractivity contribution in [1.29, 1.82) is 0 Å². The number of hydrogen-bond acceptors (Lipinski definition) is 4.